The van der Waals surface area contributed by atoms with Crippen LogP contribution in [0.15, 0.2) is 33.4 Å². The van der Waals surface area contributed by atoms with Crippen LogP contribution in [0, 0.1) is 6.92 Å². The minimum absolute atomic E-state index is 0.0630. The van der Waals surface area contributed by atoms with E-state index in [0.717, 1.165) is 39.1 Å². The number of benzene rings is 1. The predicted molar refractivity (Wildman–Crippen MR) is 84.3 cm³/mol. The lowest BCUT2D eigenvalue weighted by Crippen LogP contribution is -1.99. The number of ether oxygens (including phenoxy) is 1. The van der Waals surface area contributed by atoms with E-state index in [-0.39, 0.29) is 4.83 Å². The van der Waals surface area contributed by atoms with Gasteiger partial charge in [0.05, 0.1) is 18.2 Å². The SMILES string of the molecule is CCc1occc1C(Br)c1cc(Br)c(C)cc1OC. The molecule has 0 aliphatic rings. The van der Waals surface area contributed by atoms with Gasteiger partial charge in [-0.05, 0) is 30.7 Å². The van der Waals surface area contributed by atoms with Crippen molar-refractivity contribution < 1.29 is 9.15 Å². The molecule has 2 aromatic rings. The standard InChI is InChI=1S/C15H16Br2O2/c1-4-13-10(5-6-19-13)15(17)11-8-12(16)9(2)7-14(11)18-3/h5-8,15H,4H2,1-3H3. The van der Waals surface area contributed by atoms with E-state index in [1.165, 1.54) is 0 Å². The van der Waals surface area contributed by atoms with Gasteiger partial charge in [0, 0.05) is 22.0 Å². The topological polar surface area (TPSA) is 22.4 Å². The van der Waals surface area contributed by atoms with Crippen molar-refractivity contribution in [2.24, 2.45) is 0 Å². The Morgan fingerprint density at radius 1 is 1.32 bits per heavy atom. The summed E-state index contributed by atoms with van der Waals surface area (Å²) in [6, 6.07) is 6.14. The predicted octanol–water partition coefficient (Wildman–Crippen LogP) is 5.41. The van der Waals surface area contributed by atoms with Gasteiger partial charge in [-0.25, -0.2) is 0 Å². The number of furan rings is 1. The molecular weight excluding hydrogens is 372 g/mol. The van der Waals surface area contributed by atoms with Crippen molar-refractivity contribution in [3.63, 3.8) is 0 Å². The summed E-state index contributed by atoms with van der Waals surface area (Å²) in [5, 5.41) is 0. The Kier molecular flexibility index (Phi) is 4.74. The molecule has 1 unspecified atom stereocenters. The van der Waals surface area contributed by atoms with Crippen molar-refractivity contribution in [1.82, 2.24) is 0 Å². The van der Waals surface area contributed by atoms with Crippen LogP contribution in [-0.2, 0) is 6.42 Å². The van der Waals surface area contributed by atoms with Gasteiger partial charge >= 0.3 is 0 Å². The molecule has 0 spiro atoms. The van der Waals surface area contributed by atoms with Gasteiger partial charge < -0.3 is 9.15 Å². The summed E-state index contributed by atoms with van der Waals surface area (Å²) in [7, 11) is 1.70. The summed E-state index contributed by atoms with van der Waals surface area (Å²) in [5.41, 5.74) is 3.40. The first kappa shape index (κ1) is 14.7. The Balaban J connectivity index is 2.49. The van der Waals surface area contributed by atoms with E-state index in [2.05, 4.69) is 51.8 Å². The van der Waals surface area contributed by atoms with Crippen molar-refractivity contribution in [3.05, 3.63) is 51.4 Å². The lowest BCUT2D eigenvalue weighted by atomic mass is 10.0. The first-order valence-electron chi connectivity index (χ1n) is 6.12. The number of hydrogen-bond acceptors (Lipinski definition) is 2. The van der Waals surface area contributed by atoms with Crippen LogP contribution in [0.2, 0.25) is 0 Å². The molecule has 0 bridgehead atoms. The van der Waals surface area contributed by atoms with Gasteiger partial charge in [-0.3, -0.25) is 0 Å². The van der Waals surface area contributed by atoms with Crippen LogP contribution in [0.4, 0.5) is 0 Å². The fourth-order valence-electron chi connectivity index (χ4n) is 2.08. The minimum atomic E-state index is 0.0630. The maximum atomic E-state index is 5.50. The molecule has 1 atom stereocenters. The van der Waals surface area contributed by atoms with E-state index < -0.39 is 0 Å². The quantitative estimate of drug-likeness (QED) is 0.654. The van der Waals surface area contributed by atoms with Crippen molar-refractivity contribution in [2.45, 2.75) is 25.1 Å². The molecule has 0 aliphatic carbocycles. The average Bonchev–Trinajstić information content (AvgIpc) is 2.88. The van der Waals surface area contributed by atoms with Crippen molar-refractivity contribution in [1.29, 1.82) is 0 Å². The van der Waals surface area contributed by atoms with Gasteiger partial charge in [0.25, 0.3) is 0 Å². The Labute approximate surface area is 130 Å². The molecule has 4 heteroatoms. The Bertz CT molecular complexity index is 576. The summed E-state index contributed by atoms with van der Waals surface area (Å²) in [6.45, 7) is 4.14. The molecule has 0 saturated carbocycles. The zero-order chi connectivity index (χ0) is 14.0. The number of aryl methyl sites for hydroxylation is 2. The minimum Gasteiger partial charge on any atom is -0.496 e. The molecule has 19 heavy (non-hydrogen) atoms. The second kappa shape index (κ2) is 6.14. The first-order chi connectivity index (χ1) is 9.08. The number of alkyl halides is 1. The molecule has 0 radical (unpaired) electrons. The van der Waals surface area contributed by atoms with E-state index in [1.807, 2.05) is 12.1 Å². The smallest absolute Gasteiger partial charge is 0.123 e. The highest BCUT2D eigenvalue weighted by Crippen LogP contribution is 2.40. The third kappa shape index (κ3) is 2.90. The third-order valence-electron chi connectivity index (χ3n) is 3.16. The van der Waals surface area contributed by atoms with E-state index in [1.54, 1.807) is 13.4 Å². The number of methoxy groups -OCH3 is 1. The molecule has 1 aromatic heterocycles. The van der Waals surface area contributed by atoms with Crippen molar-refractivity contribution >= 4 is 31.9 Å². The zero-order valence-electron chi connectivity index (χ0n) is 11.2. The largest absolute Gasteiger partial charge is 0.496 e. The number of rotatable bonds is 4. The van der Waals surface area contributed by atoms with Gasteiger partial charge in [-0.2, -0.15) is 0 Å². The van der Waals surface area contributed by atoms with Crippen LogP contribution in [0.5, 0.6) is 5.75 Å². The fourth-order valence-corrected chi connectivity index (χ4v) is 3.20. The molecular formula is C15H16Br2O2. The van der Waals surface area contributed by atoms with Crippen LogP contribution >= 0.6 is 31.9 Å². The summed E-state index contributed by atoms with van der Waals surface area (Å²) in [4.78, 5) is 0.0630. The molecule has 0 aliphatic heterocycles. The summed E-state index contributed by atoms with van der Waals surface area (Å²) in [5.74, 6) is 1.88. The van der Waals surface area contributed by atoms with Crippen LogP contribution < -0.4 is 4.74 Å². The molecule has 0 amide bonds. The van der Waals surface area contributed by atoms with Crippen LogP contribution in [0.1, 0.15) is 34.2 Å². The van der Waals surface area contributed by atoms with Gasteiger partial charge in [-0.1, -0.05) is 38.8 Å². The maximum absolute atomic E-state index is 5.50. The Hall–Kier alpha value is -0.740. The van der Waals surface area contributed by atoms with Gasteiger partial charge in [0.15, 0.2) is 0 Å². The zero-order valence-corrected chi connectivity index (χ0v) is 14.3. The maximum Gasteiger partial charge on any atom is 0.123 e. The van der Waals surface area contributed by atoms with Crippen molar-refractivity contribution in [3.8, 4) is 5.75 Å². The number of hydrogen-bond donors (Lipinski definition) is 0. The lowest BCUT2D eigenvalue weighted by molar-refractivity contribution is 0.410. The van der Waals surface area contributed by atoms with Crippen molar-refractivity contribution in [2.75, 3.05) is 7.11 Å². The highest BCUT2D eigenvalue weighted by molar-refractivity contribution is 9.10. The van der Waals surface area contributed by atoms with Gasteiger partial charge in [-0.15, -0.1) is 0 Å². The summed E-state index contributed by atoms with van der Waals surface area (Å²) < 4.78 is 12.1. The van der Waals surface area contributed by atoms with E-state index in [4.69, 9.17) is 9.15 Å². The van der Waals surface area contributed by atoms with Gasteiger partial charge in [0.2, 0.25) is 0 Å². The van der Waals surface area contributed by atoms with Crippen LogP contribution in [0.25, 0.3) is 0 Å². The summed E-state index contributed by atoms with van der Waals surface area (Å²) in [6.07, 6.45) is 2.61. The molecule has 2 rings (SSSR count). The molecule has 0 fully saturated rings. The molecule has 1 aromatic carbocycles. The molecule has 0 saturated heterocycles. The monoisotopic (exact) mass is 386 g/mol. The molecule has 0 N–H and O–H groups in total. The second-order valence-corrected chi connectivity index (χ2v) is 6.13. The molecule has 102 valence electrons. The summed E-state index contributed by atoms with van der Waals surface area (Å²) >= 11 is 7.33. The average molecular weight is 388 g/mol. The molecule has 2 nitrogen and oxygen atoms in total. The third-order valence-corrected chi connectivity index (χ3v) is 5.00. The van der Waals surface area contributed by atoms with E-state index in [0.29, 0.717) is 0 Å². The van der Waals surface area contributed by atoms with Crippen LogP contribution in [-0.4, -0.2) is 7.11 Å². The lowest BCUT2D eigenvalue weighted by Gasteiger charge is -2.16. The Morgan fingerprint density at radius 2 is 2.05 bits per heavy atom. The highest BCUT2D eigenvalue weighted by Gasteiger charge is 2.20. The van der Waals surface area contributed by atoms with E-state index >= 15 is 0 Å². The first-order valence-corrected chi connectivity index (χ1v) is 7.83. The van der Waals surface area contributed by atoms with Crippen LogP contribution in [0.3, 0.4) is 0 Å². The van der Waals surface area contributed by atoms with Gasteiger partial charge in [0.1, 0.15) is 11.5 Å². The molecule has 1 heterocycles. The highest BCUT2D eigenvalue weighted by atomic mass is 79.9. The second-order valence-electron chi connectivity index (χ2n) is 4.36. The normalized spacial score (nSPS) is 12.5. The fraction of sp³-hybridized carbons (Fsp3) is 0.333. The number of halogens is 2. The van der Waals surface area contributed by atoms with E-state index in [9.17, 15) is 0 Å². The Morgan fingerprint density at radius 3 is 2.68 bits per heavy atom.